The number of halogens is 3. The summed E-state index contributed by atoms with van der Waals surface area (Å²) in [6.45, 7) is 6.12. The number of nitrogens with two attached hydrogens (primary N) is 1. The fourth-order valence-corrected chi connectivity index (χ4v) is 3.33. The highest BCUT2D eigenvalue weighted by atomic mass is 19.2. The summed E-state index contributed by atoms with van der Waals surface area (Å²) in [5, 5.41) is 0. The average molecular weight is 300 g/mol. The second-order valence-electron chi connectivity index (χ2n) is 5.97. The maximum Gasteiger partial charge on any atom is 0.161 e. The van der Waals surface area contributed by atoms with Crippen molar-refractivity contribution >= 4 is 0 Å². The Morgan fingerprint density at radius 1 is 1.14 bits per heavy atom. The molecule has 0 aromatic heterocycles. The highest BCUT2D eigenvalue weighted by Gasteiger charge is 2.38. The van der Waals surface area contributed by atoms with Gasteiger partial charge in [0.15, 0.2) is 11.6 Å². The molecule has 1 aliphatic heterocycles. The van der Waals surface area contributed by atoms with Crippen LogP contribution in [0.5, 0.6) is 0 Å². The van der Waals surface area contributed by atoms with E-state index in [1.807, 2.05) is 0 Å². The predicted molar refractivity (Wildman–Crippen MR) is 77.3 cm³/mol. The summed E-state index contributed by atoms with van der Waals surface area (Å²) in [5.74, 6) is -2.92. The van der Waals surface area contributed by atoms with Gasteiger partial charge in [0, 0.05) is 24.7 Å². The number of hydrogen-bond acceptors (Lipinski definition) is 2. The minimum absolute atomic E-state index is 0.152. The third-order valence-electron chi connectivity index (χ3n) is 5.03. The molecule has 1 unspecified atom stereocenters. The zero-order chi connectivity index (χ0) is 15.6. The van der Waals surface area contributed by atoms with Crippen LogP contribution in [0, 0.1) is 22.9 Å². The van der Waals surface area contributed by atoms with Gasteiger partial charge in [0.25, 0.3) is 0 Å². The number of rotatable bonds is 5. The Morgan fingerprint density at radius 3 is 2.29 bits per heavy atom. The fourth-order valence-electron chi connectivity index (χ4n) is 3.33. The third-order valence-corrected chi connectivity index (χ3v) is 5.03. The maximum absolute atomic E-state index is 14.0. The van der Waals surface area contributed by atoms with Gasteiger partial charge in [-0.05, 0) is 37.3 Å². The van der Waals surface area contributed by atoms with E-state index in [0.717, 1.165) is 38.4 Å². The standard InChI is InChI=1S/C16H23F3N2/c1-3-16(4-2)5-6-21(10-16)15(9-20)11-7-13(18)14(19)8-12(11)17/h7-8,15H,3-6,9-10,20H2,1-2H3. The van der Waals surface area contributed by atoms with Gasteiger partial charge in [-0.25, -0.2) is 13.2 Å². The molecular formula is C16H23F3N2. The molecule has 1 atom stereocenters. The molecule has 0 saturated carbocycles. The molecule has 0 radical (unpaired) electrons. The Bertz CT molecular complexity index is 501. The lowest BCUT2D eigenvalue weighted by atomic mass is 9.82. The van der Waals surface area contributed by atoms with Gasteiger partial charge in [-0.1, -0.05) is 13.8 Å². The van der Waals surface area contributed by atoms with Crippen LogP contribution < -0.4 is 5.73 Å². The molecular weight excluding hydrogens is 277 g/mol. The Morgan fingerprint density at radius 2 is 1.76 bits per heavy atom. The van der Waals surface area contributed by atoms with Gasteiger partial charge in [-0.3, -0.25) is 4.90 Å². The molecule has 21 heavy (non-hydrogen) atoms. The number of benzene rings is 1. The Kier molecular flexibility index (Phi) is 4.94. The first-order valence-corrected chi connectivity index (χ1v) is 7.55. The van der Waals surface area contributed by atoms with Gasteiger partial charge in [0.05, 0.1) is 6.04 Å². The summed E-state index contributed by atoms with van der Waals surface area (Å²) in [5.41, 5.74) is 6.17. The molecule has 1 aliphatic rings. The number of likely N-dealkylation sites (tertiary alicyclic amines) is 1. The van der Waals surface area contributed by atoms with Crippen molar-refractivity contribution in [1.82, 2.24) is 4.90 Å². The first-order chi connectivity index (χ1) is 9.96. The maximum atomic E-state index is 14.0. The van der Waals surface area contributed by atoms with E-state index in [1.165, 1.54) is 0 Å². The Labute approximate surface area is 124 Å². The van der Waals surface area contributed by atoms with Crippen LogP contribution in [0.25, 0.3) is 0 Å². The molecule has 5 heteroatoms. The second-order valence-corrected chi connectivity index (χ2v) is 5.97. The van der Waals surface area contributed by atoms with Crippen molar-refractivity contribution < 1.29 is 13.2 Å². The molecule has 0 spiro atoms. The van der Waals surface area contributed by atoms with E-state index >= 15 is 0 Å². The fraction of sp³-hybridized carbons (Fsp3) is 0.625. The highest BCUT2D eigenvalue weighted by molar-refractivity contribution is 5.24. The van der Waals surface area contributed by atoms with E-state index in [2.05, 4.69) is 18.7 Å². The molecule has 1 heterocycles. The normalized spacial score (nSPS) is 19.9. The molecule has 1 fully saturated rings. The third kappa shape index (κ3) is 3.09. The van der Waals surface area contributed by atoms with Crippen LogP contribution in [0.4, 0.5) is 13.2 Å². The van der Waals surface area contributed by atoms with Crippen LogP contribution >= 0.6 is 0 Å². The topological polar surface area (TPSA) is 29.3 Å². The van der Waals surface area contributed by atoms with Crippen LogP contribution in [-0.2, 0) is 0 Å². The van der Waals surface area contributed by atoms with Crippen LogP contribution in [0.1, 0.15) is 44.7 Å². The van der Waals surface area contributed by atoms with Crippen molar-refractivity contribution in [2.45, 2.75) is 39.2 Å². The van der Waals surface area contributed by atoms with E-state index in [-0.39, 0.29) is 17.5 Å². The molecule has 0 aliphatic carbocycles. The average Bonchev–Trinajstić information content (AvgIpc) is 2.90. The zero-order valence-corrected chi connectivity index (χ0v) is 12.6. The minimum Gasteiger partial charge on any atom is -0.329 e. The van der Waals surface area contributed by atoms with Crippen molar-refractivity contribution in [3.63, 3.8) is 0 Å². The molecule has 118 valence electrons. The quantitative estimate of drug-likeness (QED) is 0.842. The summed E-state index contributed by atoms with van der Waals surface area (Å²) < 4.78 is 40.5. The molecule has 0 bridgehead atoms. The summed E-state index contributed by atoms with van der Waals surface area (Å²) in [4.78, 5) is 2.10. The highest BCUT2D eigenvalue weighted by Crippen LogP contribution is 2.40. The van der Waals surface area contributed by atoms with E-state index in [4.69, 9.17) is 5.73 Å². The first-order valence-electron chi connectivity index (χ1n) is 7.55. The van der Waals surface area contributed by atoms with Crippen molar-refractivity contribution in [1.29, 1.82) is 0 Å². The van der Waals surface area contributed by atoms with Crippen LogP contribution in [0.2, 0.25) is 0 Å². The zero-order valence-electron chi connectivity index (χ0n) is 12.6. The monoisotopic (exact) mass is 300 g/mol. The van der Waals surface area contributed by atoms with Gasteiger partial charge in [-0.2, -0.15) is 0 Å². The molecule has 0 amide bonds. The van der Waals surface area contributed by atoms with Crippen molar-refractivity contribution in [3.05, 3.63) is 35.1 Å². The lowest BCUT2D eigenvalue weighted by Gasteiger charge is -2.31. The van der Waals surface area contributed by atoms with Crippen LogP contribution in [-0.4, -0.2) is 24.5 Å². The summed E-state index contributed by atoms with van der Waals surface area (Å²) >= 11 is 0. The number of nitrogens with zero attached hydrogens (tertiary/aromatic N) is 1. The smallest absolute Gasteiger partial charge is 0.161 e. The van der Waals surface area contributed by atoms with E-state index in [1.54, 1.807) is 0 Å². The molecule has 2 nitrogen and oxygen atoms in total. The summed E-state index contributed by atoms with van der Waals surface area (Å²) in [6, 6.07) is 1.15. The Balaban J connectivity index is 2.27. The lowest BCUT2D eigenvalue weighted by Crippen LogP contribution is -2.34. The van der Waals surface area contributed by atoms with Gasteiger partial charge >= 0.3 is 0 Å². The second kappa shape index (κ2) is 6.36. The van der Waals surface area contributed by atoms with E-state index < -0.39 is 23.5 Å². The van der Waals surface area contributed by atoms with E-state index in [0.29, 0.717) is 6.07 Å². The molecule has 2 N–H and O–H groups in total. The van der Waals surface area contributed by atoms with Gasteiger partial charge in [0.1, 0.15) is 5.82 Å². The van der Waals surface area contributed by atoms with Crippen LogP contribution in [0.3, 0.4) is 0 Å². The first kappa shape index (κ1) is 16.3. The Hall–Kier alpha value is -1.07. The minimum atomic E-state index is -1.16. The summed E-state index contributed by atoms with van der Waals surface area (Å²) in [7, 11) is 0. The van der Waals surface area contributed by atoms with Gasteiger partial charge in [0.2, 0.25) is 0 Å². The lowest BCUT2D eigenvalue weighted by molar-refractivity contribution is 0.194. The molecule has 1 aromatic rings. The molecule has 2 rings (SSSR count). The molecule has 1 aromatic carbocycles. The van der Waals surface area contributed by atoms with E-state index in [9.17, 15) is 13.2 Å². The van der Waals surface area contributed by atoms with Crippen molar-refractivity contribution in [2.75, 3.05) is 19.6 Å². The largest absolute Gasteiger partial charge is 0.329 e. The number of hydrogen-bond donors (Lipinski definition) is 1. The van der Waals surface area contributed by atoms with Crippen LogP contribution in [0.15, 0.2) is 12.1 Å². The van der Waals surface area contributed by atoms with Crippen molar-refractivity contribution in [3.8, 4) is 0 Å². The van der Waals surface area contributed by atoms with Gasteiger partial charge < -0.3 is 5.73 Å². The molecule has 1 saturated heterocycles. The predicted octanol–water partition coefficient (Wildman–Crippen LogP) is 3.62. The SMILES string of the molecule is CCC1(CC)CCN(C(CN)c2cc(F)c(F)cc2F)C1. The van der Waals surface area contributed by atoms with Crippen molar-refractivity contribution in [2.24, 2.45) is 11.1 Å². The summed E-state index contributed by atoms with van der Waals surface area (Å²) in [6.07, 6.45) is 3.14. The van der Waals surface area contributed by atoms with Gasteiger partial charge in [-0.15, -0.1) is 0 Å².